The van der Waals surface area contributed by atoms with E-state index in [1.165, 1.54) is 5.56 Å². The van der Waals surface area contributed by atoms with E-state index < -0.39 is 0 Å². The topological polar surface area (TPSA) is 46.9 Å². The van der Waals surface area contributed by atoms with Crippen molar-refractivity contribution < 1.29 is 4.79 Å². The van der Waals surface area contributed by atoms with Crippen molar-refractivity contribution in [2.75, 3.05) is 0 Å². The highest BCUT2D eigenvalue weighted by Crippen LogP contribution is 2.18. The molecule has 0 aliphatic carbocycles. The molecular weight excluding hydrogens is 322 g/mol. The first-order valence-electron chi connectivity index (χ1n) is 8.57. The molecule has 128 valence electrons. The largest absolute Gasteiger partial charge is 0.348 e. The van der Waals surface area contributed by atoms with Crippen molar-refractivity contribution in [3.8, 4) is 5.69 Å². The molecule has 0 bridgehead atoms. The number of imidazole rings is 1. The Morgan fingerprint density at radius 2 is 1.81 bits per heavy atom. The first-order valence-corrected chi connectivity index (χ1v) is 8.57. The average molecular weight is 341 g/mol. The van der Waals surface area contributed by atoms with Crippen LogP contribution in [0.5, 0.6) is 0 Å². The van der Waals surface area contributed by atoms with Crippen LogP contribution in [0.2, 0.25) is 0 Å². The van der Waals surface area contributed by atoms with Crippen LogP contribution in [-0.4, -0.2) is 15.5 Å². The monoisotopic (exact) mass is 341 g/mol. The lowest BCUT2D eigenvalue weighted by atomic mass is 10.1. The molecule has 0 radical (unpaired) electrons. The third-order valence-corrected chi connectivity index (χ3v) is 4.40. The molecule has 0 saturated carbocycles. The van der Waals surface area contributed by atoms with E-state index in [9.17, 15) is 4.79 Å². The van der Waals surface area contributed by atoms with E-state index in [1.54, 1.807) is 6.33 Å². The zero-order valence-corrected chi connectivity index (χ0v) is 14.5. The number of benzene rings is 3. The van der Waals surface area contributed by atoms with E-state index in [0.717, 1.165) is 22.3 Å². The molecule has 4 rings (SSSR count). The Morgan fingerprint density at radius 3 is 2.62 bits per heavy atom. The number of hydrogen-bond donors (Lipinski definition) is 1. The van der Waals surface area contributed by atoms with Gasteiger partial charge in [0.25, 0.3) is 5.91 Å². The van der Waals surface area contributed by atoms with Crippen molar-refractivity contribution in [1.29, 1.82) is 0 Å². The summed E-state index contributed by atoms with van der Waals surface area (Å²) in [6.07, 6.45) is 1.80. The fourth-order valence-corrected chi connectivity index (χ4v) is 3.04. The SMILES string of the molecule is Cc1cccc(CNC(=O)c2ccc(-n3cnc4ccccc43)cc2)c1. The minimum atomic E-state index is -0.0754. The molecule has 0 atom stereocenters. The number of amides is 1. The highest BCUT2D eigenvalue weighted by molar-refractivity contribution is 5.94. The number of para-hydroxylation sites is 2. The summed E-state index contributed by atoms with van der Waals surface area (Å²) in [5, 5.41) is 2.97. The van der Waals surface area contributed by atoms with Gasteiger partial charge in [0, 0.05) is 17.8 Å². The number of fused-ring (bicyclic) bond motifs is 1. The third-order valence-electron chi connectivity index (χ3n) is 4.40. The fraction of sp³-hybridized carbons (Fsp3) is 0.0909. The fourth-order valence-electron chi connectivity index (χ4n) is 3.04. The highest BCUT2D eigenvalue weighted by atomic mass is 16.1. The first-order chi connectivity index (χ1) is 12.7. The van der Waals surface area contributed by atoms with Gasteiger partial charge in [-0.1, -0.05) is 42.0 Å². The second-order valence-electron chi connectivity index (χ2n) is 6.32. The number of hydrogen-bond acceptors (Lipinski definition) is 2. The Morgan fingerprint density at radius 1 is 1.00 bits per heavy atom. The van der Waals surface area contributed by atoms with Crippen molar-refractivity contribution in [2.45, 2.75) is 13.5 Å². The predicted molar refractivity (Wildman–Crippen MR) is 103 cm³/mol. The van der Waals surface area contributed by atoms with Crippen LogP contribution in [0.15, 0.2) is 79.1 Å². The van der Waals surface area contributed by atoms with Gasteiger partial charge in [0.2, 0.25) is 0 Å². The number of carbonyl (C=O) groups excluding carboxylic acids is 1. The highest BCUT2D eigenvalue weighted by Gasteiger charge is 2.08. The van der Waals surface area contributed by atoms with Crippen molar-refractivity contribution >= 4 is 16.9 Å². The first kappa shape index (κ1) is 16.1. The van der Waals surface area contributed by atoms with Crippen molar-refractivity contribution in [3.63, 3.8) is 0 Å². The summed E-state index contributed by atoms with van der Waals surface area (Å²) in [6, 6.07) is 23.7. The molecule has 26 heavy (non-hydrogen) atoms. The van der Waals surface area contributed by atoms with Crippen LogP contribution in [0, 0.1) is 6.92 Å². The molecule has 4 nitrogen and oxygen atoms in total. The molecule has 0 aliphatic heterocycles. The maximum atomic E-state index is 12.4. The standard InChI is InChI=1S/C22H19N3O/c1-16-5-4-6-17(13-16)14-23-22(26)18-9-11-19(12-10-18)25-15-24-20-7-2-3-8-21(20)25/h2-13,15H,14H2,1H3,(H,23,26). The summed E-state index contributed by atoms with van der Waals surface area (Å²) in [5.74, 6) is -0.0754. The molecule has 1 heterocycles. The molecule has 4 heteroatoms. The zero-order chi connectivity index (χ0) is 17.9. The lowest BCUT2D eigenvalue weighted by Gasteiger charge is -2.08. The zero-order valence-electron chi connectivity index (χ0n) is 14.5. The van der Waals surface area contributed by atoms with E-state index in [4.69, 9.17) is 0 Å². The summed E-state index contributed by atoms with van der Waals surface area (Å²) >= 11 is 0. The van der Waals surface area contributed by atoms with Crippen LogP contribution in [0.4, 0.5) is 0 Å². The summed E-state index contributed by atoms with van der Waals surface area (Å²) in [6.45, 7) is 2.57. The third kappa shape index (κ3) is 3.22. The summed E-state index contributed by atoms with van der Waals surface area (Å²) in [4.78, 5) is 16.8. The van der Waals surface area contributed by atoms with Gasteiger partial charge >= 0.3 is 0 Å². The van der Waals surface area contributed by atoms with Gasteiger partial charge in [-0.2, -0.15) is 0 Å². The molecule has 0 fully saturated rings. The van der Waals surface area contributed by atoms with Crippen molar-refractivity contribution in [3.05, 3.63) is 95.8 Å². The molecule has 1 N–H and O–H groups in total. The normalized spacial score (nSPS) is 10.8. The predicted octanol–water partition coefficient (Wildman–Crippen LogP) is 4.26. The summed E-state index contributed by atoms with van der Waals surface area (Å²) in [7, 11) is 0. The smallest absolute Gasteiger partial charge is 0.251 e. The molecule has 0 saturated heterocycles. The Bertz CT molecular complexity index is 1060. The van der Waals surface area contributed by atoms with E-state index >= 15 is 0 Å². The van der Waals surface area contributed by atoms with Gasteiger partial charge in [0.05, 0.1) is 11.0 Å². The molecule has 1 aromatic heterocycles. The van der Waals surface area contributed by atoms with Crippen LogP contribution in [0.25, 0.3) is 16.7 Å². The number of carbonyl (C=O) groups is 1. The van der Waals surface area contributed by atoms with Gasteiger partial charge in [-0.3, -0.25) is 9.36 Å². The average Bonchev–Trinajstić information content (AvgIpc) is 3.10. The molecule has 3 aromatic carbocycles. The molecule has 0 unspecified atom stereocenters. The molecule has 1 amide bonds. The number of aryl methyl sites for hydroxylation is 1. The summed E-state index contributed by atoms with van der Waals surface area (Å²) < 4.78 is 2.02. The Balaban J connectivity index is 1.49. The van der Waals surface area contributed by atoms with E-state index in [1.807, 2.05) is 78.2 Å². The number of nitrogens with one attached hydrogen (secondary N) is 1. The maximum Gasteiger partial charge on any atom is 0.251 e. The Kier molecular flexibility index (Phi) is 4.23. The van der Waals surface area contributed by atoms with Crippen LogP contribution >= 0.6 is 0 Å². The Labute approximate surface area is 152 Å². The number of rotatable bonds is 4. The van der Waals surface area contributed by atoms with Gasteiger partial charge < -0.3 is 5.32 Å². The maximum absolute atomic E-state index is 12.4. The molecule has 0 spiro atoms. The van der Waals surface area contributed by atoms with Crippen LogP contribution in [0.1, 0.15) is 21.5 Å². The second kappa shape index (κ2) is 6.84. The molecule has 4 aromatic rings. The summed E-state index contributed by atoms with van der Waals surface area (Å²) in [5.41, 5.74) is 5.91. The minimum Gasteiger partial charge on any atom is -0.348 e. The van der Waals surface area contributed by atoms with E-state index in [-0.39, 0.29) is 5.91 Å². The Hall–Kier alpha value is -3.40. The number of nitrogens with zero attached hydrogens (tertiary/aromatic N) is 2. The van der Waals surface area contributed by atoms with Gasteiger partial charge in [-0.25, -0.2) is 4.98 Å². The van der Waals surface area contributed by atoms with Crippen LogP contribution in [-0.2, 0) is 6.54 Å². The van der Waals surface area contributed by atoms with Gasteiger partial charge in [0.1, 0.15) is 6.33 Å². The van der Waals surface area contributed by atoms with Crippen molar-refractivity contribution in [1.82, 2.24) is 14.9 Å². The lowest BCUT2D eigenvalue weighted by Crippen LogP contribution is -2.22. The number of aromatic nitrogens is 2. The second-order valence-corrected chi connectivity index (χ2v) is 6.32. The molecular formula is C22H19N3O. The van der Waals surface area contributed by atoms with Crippen molar-refractivity contribution in [2.24, 2.45) is 0 Å². The minimum absolute atomic E-state index is 0.0754. The van der Waals surface area contributed by atoms with Crippen LogP contribution in [0.3, 0.4) is 0 Å². The van der Waals surface area contributed by atoms with Gasteiger partial charge in [0.15, 0.2) is 0 Å². The quantitative estimate of drug-likeness (QED) is 0.603. The molecule has 0 aliphatic rings. The van der Waals surface area contributed by atoms with Gasteiger partial charge in [-0.05, 0) is 48.9 Å². The van der Waals surface area contributed by atoms with E-state index in [2.05, 4.69) is 16.4 Å². The van der Waals surface area contributed by atoms with Crippen LogP contribution < -0.4 is 5.32 Å². The van der Waals surface area contributed by atoms with Gasteiger partial charge in [-0.15, -0.1) is 0 Å². The lowest BCUT2D eigenvalue weighted by molar-refractivity contribution is 0.0951. The van der Waals surface area contributed by atoms with E-state index in [0.29, 0.717) is 12.1 Å².